The lowest BCUT2D eigenvalue weighted by Crippen LogP contribution is -2.58. The summed E-state index contributed by atoms with van der Waals surface area (Å²) in [6.07, 6.45) is -1.43. The summed E-state index contributed by atoms with van der Waals surface area (Å²) in [6.45, 7) is 7.95. The topological polar surface area (TPSA) is 249 Å². The molecule has 2 aromatic heterocycles. The van der Waals surface area contributed by atoms with E-state index in [4.69, 9.17) is 25.8 Å². The van der Waals surface area contributed by atoms with Crippen molar-refractivity contribution in [3.63, 3.8) is 0 Å². The molecule has 6 aromatic rings. The lowest BCUT2D eigenvalue weighted by Gasteiger charge is -2.40. The molecule has 0 radical (unpaired) electrons. The van der Waals surface area contributed by atoms with Gasteiger partial charge in [-0.2, -0.15) is 9.10 Å². The molecule has 4 aromatic carbocycles. The van der Waals surface area contributed by atoms with E-state index in [1.54, 1.807) is 120 Å². The number of tetrazole rings is 1. The summed E-state index contributed by atoms with van der Waals surface area (Å²) in [5, 5.41) is 34.2. The molecule has 0 spiro atoms. The molecule has 0 aliphatic rings. The van der Waals surface area contributed by atoms with Crippen molar-refractivity contribution < 1.29 is 50.8 Å². The van der Waals surface area contributed by atoms with E-state index < -0.39 is 72.2 Å². The monoisotopic (exact) mass is 1050 g/mol. The number of nitrogens with one attached hydrogen (secondary N) is 1. The number of rotatable bonds is 20. The standard InChI is InChI=1S/C49H58ClN9O11S2/c1-48(2,3)57(46(60)61)30-36(31-58(47(62)63)49(4,5)6)54-71(64,65)41-23-22-40(35-24-25-51-42(50)26-35)43(45-52-55-59(53-45)29-34-14-20-39(70-9)21-15-34)44(41)72(66,67)56(27-32-10-16-37(68-7)17-11-32)28-33-12-18-38(69-8)19-13-33/h10-26,36,54H,27-31H2,1-9H3,(H,60,61)(H,62,63). The number of amides is 2. The van der Waals surface area contributed by atoms with Gasteiger partial charge in [-0.25, -0.2) is 36.1 Å². The van der Waals surface area contributed by atoms with Gasteiger partial charge in [-0.05, 0) is 129 Å². The van der Waals surface area contributed by atoms with Crippen LogP contribution in [0.4, 0.5) is 9.59 Å². The lowest BCUT2D eigenvalue weighted by atomic mass is 10.00. The average Bonchev–Trinajstić information content (AvgIpc) is 3.79. The third-order valence-electron chi connectivity index (χ3n) is 11.5. The number of sulfonamides is 2. The minimum Gasteiger partial charge on any atom is -0.497 e. The third kappa shape index (κ3) is 13.2. The summed E-state index contributed by atoms with van der Waals surface area (Å²) < 4.78 is 83.2. The molecule has 384 valence electrons. The first-order valence-electron chi connectivity index (χ1n) is 22.3. The second-order valence-corrected chi connectivity index (χ2v) is 22.5. The van der Waals surface area contributed by atoms with Crippen molar-refractivity contribution in [1.29, 1.82) is 0 Å². The normalized spacial score (nSPS) is 12.2. The number of halogens is 1. The zero-order valence-electron chi connectivity index (χ0n) is 41.3. The fraction of sp³-hybridized carbons (Fsp3) is 0.347. The third-order valence-corrected chi connectivity index (χ3v) is 15.2. The molecule has 3 N–H and O–H groups in total. The minimum absolute atomic E-state index is 0.0319. The van der Waals surface area contributed by atoms with Crippen molar-refractivity contribution in [1.82, 2.24) is 44.0 Å². The van der Waals surface area contributed by atoms with Crippen LogP contribution in [0.25, 0.3) is 22.5 Å². The van der Waals surface area contributed by atoms with E-state index in [1.807, 2.05) is 0 Å². The van der Waals surface area contributed by atoms with Crippen molar-refractivity contribution >= 4 is 43.8 Å². The van der Waals surface area contributed by atoms with Gasteiger partial charge in [0, 0.05) is 43.5 Å². The largest absolute Gasteiger partial charge is 0.497 e. The molecule has 20 nitrogen and oxygen atoms in total. The summed E-state index contributed by atoms with van der Waals surface area (Å²) in [5.41, 5.74) is -0.322. The van der Waals surface area contributed by atoms with Crippen molar-refractivity contribution in [3.05, 3.63) is 125 Å². The highest BCUT2D eigenvalue weighted by molar-refractivity contribution is 7.92. The predicted octanol–water partition coefficient (Wildman–Crippen LogP) is 7.72. The van der Waals surface area contributed by atoms with Gasteiger partial charge in [0.25, 0.3) is 0 Å². The Kier molecular flexibility index (Phi) is 16.9. The summed E-state index contributed by atoms with van der Waals surface area (Å²) >= 11 is 6.46. The Hall–Kier alpha value is -6.85. The van der Waals surface area contributed by atoms with Crippen LogP contribution >= 0.6 is 11.6 Å². The highest BCUT2D eigenvalue weighted by Crippen LogP contribution is 2.42. The van der Waals surface area contributed by atoms with Crippen molar-refractivity contribution in [3.8, 4) is 39.8 Å². The zero-order valence-corrected chi connectivity index (χ0v) is 43.7. The van der Waals surface area contributed by atoms with Crippen LogP contribution in [-0.4, -0.2) is 130 Å². The maximum atomic E-state index is 16.2. The zero-order chi connectivity index (χ0) is 52.8. The fourth-order valence-corrected chi connectivity index (χ4v) is 11.5. The number of nitrogens with zero attached hydrogens (tertiary/aromatic N) is 8. The Morgan fingerprint density at radius 2 is 1.18 bits per heavy atom. The van der Waals surface area contributed by atoms with Crippen LogP contribution < -0.4 is 18.9 Å². The van der Waals surface area contributed by atoms with Gasteiger partial charge in [0.2, 0.25) is 25.9 Å². The molecule has 0 saturated heterocycles. The van der Waals surface area contributed by atoms with Crippen LogP contribution in [0.2, 0.25) is 5.15 Å². The number of aromatic nitrogens is 5. The second kappa shape index (κ2) is 22.3. The van der Waals surface area contributed by atoms with E-state index in [2.05, 4.69) is 25.1 Å². The molecular weight excluding hydrogens is 990 g/mol. The van der Waals surface area contributed by atoms with E-state index in [0.717, 1.165) is 25.7 Å². The first-order chi connectivity index (χ1) is 33.8. The van der Waals surface area contributed by atoms with E-state index in [1.165, 1.54) is 44.5 Å². The molecule has 2 heterocycles. The molecule has 23 heteroatoms. The Morgan fingerprint density at radius 1 is 0.708 bits per heavy atom. The molecule has 0 saturated carbocycles. The highest BCUT2D eigenvalue weighted by atomic mass is 35.5. The molecule has 2 amide bonds. The Balaban J connectivity index is 1.67. The van der Waals surface area contributed by atoms with E-state index >= 15 is 16.8 Å². The summed E-state index contributed by atoms with van der Waals surface area (Å²) in [5.74, 6) is 1.33. The fourth-order valence-electron chi connectivity index (χ4n) is 7.73. The number of hydrogen-bond acceptors (Lipinski definition) is 13. The van der Waals surface area contributed by atoms with E-state index in [0.29, 0.717) is 33.9 Å². The molecule has 0 unspecified atom stereocenters. The number of pyridine rings is 1. The average molecular weight is 1050 g/mol. The van der Waals surface area contributed by atoms with Gasteiger partial charge in [-0.15, -0.1) is 10.2 Å². The van der Waals surface area contributed by atoms with Crippen LogP contribution in [-0.2, 0) is 39.7 Å². The lowest BCUT2D eigenvalue weighted by molar-refractivity contribution is 0.0743. The SMILES string of the molecule is COc1ccc(CN(Cc2ccc(OC)cc2)S(=O)(=O)c2c(S(=O)(=O)NC(CN(C(=O)O)C(C)(C)C)CN(C(=O)O)C(C)(C)C)ccc(-c3ccnc(Cl)c3)c2-c2nnn(Cc3ccc(OC)cc3)n2)cc1. The van der Waals surface area contributed by atoms with Crippen molar-refractivity contribution in [2.45, 2.75) is 88.1 Å². The van der Waals surface area contributed by atoms with Gasteiger partial charge >= 0.3 is 12.2 Å². The number of ether oxygens (including phenoxy) is 3. The maximum Gasteiger partial charge on any atom is 0.407 e. The predicted molar refractivity (Wildman–Crippen MR) is 269 cm³/mol. The highest BCUT2D eigenvalue weighted by Gasteiger charge is 2.41. The summed E-state index contributed by atoms with van der Waals surface area (Å²) in [7, 11) is -5.74. The second-order valence-electron chi connectivity index (χ2n) is 18.6. The minimum atomic E-state index is -5.15. The molecule has 72 heavy (non-hydrogen) atoms. The van der Waals surface area contributed by atoms with Crippen LogP contribution in [0, 0.1) is 0 Å². The molecule has 0 bridgehead atoms. The Bertz CT molecular complexity index is 3010. The Labute approximate surface area is 424 Å². The van der Waals surface area contributed by atoms with Gasteiger partial charge in [-0.3, -0.25) is 0 Å². The van der Waals surface area contributed by atoms with Crippen molar-refractivity contribution in [2.24, 2.45) is 0 Å². The van der Waals surface area contributed by atoms with E-state index in [9.17, 15) is 19.8 Å². The first kappa shape index (κ1) is 54.5. The van der Waals surface area contributed by atoms with Crippen molar-refractivity contribution in [2.75, 3.05) is 34.4 Å². The van der Waals surface area contributed by atoms with Gasteiger partial charge in [-0.1, -0.05) is 54.1 Å². The molecular formula is C49H58ClN9O11S2. The van der Waals surface area contributed by atoms with E-state index in [-0.39, 0.29) is 41.7 Å². The summed E-state index contributed by atoms with van der Waals surface area (Å²) in [6, 6.07) is 24.4. The molecule has 0 aliphatic carbocycles. The summed E-state index contributed by atoms with van der Waals surface area (Å²) in [4.78, 5) is 31.3. The number of carbonyl (C=O) groups is 2. The van der Waals surface area contributed by atoms with Gasteiger partial charge in [0.15, 0.2) is 0 Å². The van der Waals surface area contributed by atoms with Gasteiger partial charge in [0.05, 0.1) is 39.5 Å². The van der Waals surface area contributed by atoms with Crippen LogP contribution in [0.3, 0.4) is 0 Å². The number of methoxy groups -OCH3 is 3. The van der Waals surface area contributed by atoms with Crippen LogP contribution in [0.5, 0.6) is 17.2 Å². The van der Waals surface area contributed by atoms with Crippen LogP contribution in [0.1, 0.15) is 58.2 Å². The molecule has 0 atom stereocenters. The molecule has 6 rings (SSSR count). The number of hydrogen-bond donors (Lipinski definition) is 3. The quantitative estimate of drug-likeness (QED) is 0.0619. The van der Waals surface area contributed by atoms with Gasteiger partial charge in [0.1, 0.15) is 32.2 Å². The molecule has 0 fully saturated rings. The van der Waals surface area contributed by atoms with Crippen LogP contribution in [0.15, 0.2) is 113 Å². The number of carboxylic acid groups (broad SMARTS) is 2. The maximum absolute atomic E-state index is 16.2. The smallest absolute Gasteiger partial charge is 0.407 e. The number of benzene rings is 4. The first-order valence-corrected chi connectivity index (χ1v) is 25.6. The molecule has 0 aliphatic heterocycles. The Morgan fingerprint density at radius 3 is 1.61 bits per heavy atom. The van der Waals surface area contributed by atoms with Gasteiger partial charge < -0.3 is 34.2 Å².